The Labute approximate surface area is 109 Å². The average Bonchev–Trinajstić information content (AvgIpc) is 2.66. The van der Waals surface area contributed by atoms with Gasteiger partial charge in [0.15, 0.2) is 5.13 Å². The van der Waals surface area contributed by atoms with E-state index in [9.17, 15) is 4.79 Å². The highest BCUT2D eigenvalue weighted by molar-refractivity contribution is 7.17. The van der Waals surface area contributed by atoms with Crippen molar-refractivity contribution in [3.63, 3.8) is 0 Å². The predicted molar refractivity (Wildman–Crippen MR) is 73.0 cm³/mol. The number of nitrogens with one attached hydrogen (secondary N) is 1. The summed E-state index contributed by atoms with van der Waals surface area (Å²) in [4.78, 5) is 15.5. The fourth-order valence-corrected chi connectivity index (χ4v) is 2.47. The van der Waals surface area contributed by atoms with Gasteiger partial charge >= 0.3 is 5.97 Å². The molecule has 1 aromatic heterocycles. The Morgan fingerprint density at radius 3 is 2.67 bits per heavy atom. The third kappa shape index (κ3) is 2.36. The number of rotatable bonds is 3. The first-order chi connectivity index (χ1) is 8.49. The van der Waals surface area contributed by atoms with Gasteiger partial charge in [-0.1, -0.05) is 23.5 Å². The Morgan fingerprint density at radius 2 is 2.06 bits per heavy atom. The van der Waals surface area contributed by atoms with Gasteiger partial charge in [-0.15, -0.1) is 0 Å². The SMILES string of the molecule is Cc1cccc(Nc2nc(C)c(C(=O)O)s2)c1C. The number of hydrogen-bond donors (Lipinski definition) is 2. The summed E-state index contributed by atoms with van der Waals surface area (Å²) in [7, 11) is 0. The van der Waals surface area contributed by atoms with Crippen molar-refractivity contribution >= 4 is 28.1 Å². The van der Waals surface area contributed by atoms with Crippen LogP contribution in [0.2, 0.25) is 0 Å². The van der Waals surface area contributed by atoms with Crippen molar-refractivity contribution in [2.24, 2.45) is 0 Å². The third-order valence-corrected chi connectivity index (χ3v) is 3.90. The molecular formula is C13H14N2O2S. The summed E-state index contributed by atoms with van der Waals surface area (Å²) in [6.07, 6.45) is 0. The molecule has 4 nitrogen and oxygen atoms in total. The number of carboxylic acids is 1. The van der Waals surface area contributed by atoms with Gasteiger partial charge in [-0.25, -0.2) is 9.78 Å². The van der Waals surface area contributed by atoms with Gasteiger partial charge in [-0.05, 0) is 38.0 Å². The van der Waals surface area contributed by atoms with Gasteiger partial charge in [0.2, 0.25) is 0 Å². The van der Waals surface area contributed by atoms with E-state index in [1.54, 1.807) is 6.92 Å². The van der Waals surface area contributed by atoms with Gasteiger partial charge in [-0.3, -0.25) is 0 Å². The van der Waals surface area contributed by atoms with Crippen molar-refractivity contribution in [2.75, 3.05) is 5.32 Å². The lowest BCUT2D eigenvalue weighted by atomic mass is 10.1. The van der Waals surface area contributed by atoms with Crippen LogP contribution in [0.3, 0.4) is 0 Å². The molecular weight excluding hydrogens is 248 g/mol. The quantitative estimate of drug-likeness (QED) is 0.888. The maximum absolute atomic E-state index is 11.0. The first kappa shape index (κ1) is 12.6. The van der Waals surface area contributed by atoms with Crippen LogP contribution in [0.4, 0.5) is 10.8 Å². The number of hydrogen-bond acceptors (Lipinski definition) is 4. The molecule has 5 heteroatoms. The molecule has 0 atom stereocenters. The van der Waals surface area contributed by atoms with Crippen LogP contribution in [0.15, 0.2) is 18.2 Å². The lowest BCUT2D eigenvalue weighted by Crippen LogP contribution is -1.94. The molecule has 1 heterocycles. The summed E-state index contributed by atoms with van der Waals surface area (Å²) in [5, 5.41) is 12.8. The number of aryl methyl sites for hydroxylation is 2. The Balaban J connectivity index is 2.32. The number of carbonyl (C=O) groups is 1. The van der Waals surface area contributed by atoms with Gasteiger partial charge in [0.05, 0.1) is 5.69 Å². The van der Waals surface area contributed by atoms with E-state index < -0.39 is 5.97 Å². The Bertz CT molecular complexity index is 605. The molecule has 18 heavy (non-hydrogen) atoms. The van der Waals surface area contributed by atoms with Crippen LogP contribution in [-0.2, 0) is 0 Å². The fraction of sp³-hybridized carbons (Fsp3) is 0.231. The molecule has 2 aromatic rings. The summed E-state index contributed by atoms with van der Waals surface area (Å²) < 4.78 is 0. The van der Waals surface area contributed by atoms with E-state index >= 15 is 0 Å². The summed E-state index contributed by atoms with van der Waals surface area (Å²) >= 11 is 1.16. The van der Waals surface area contributed by atoms with Gasteiger partial charge in [0.1, 0.15) is 4.88 Å². The maximum atomic E-state index is 11.0. The fourth-order valence-electron chi connectivity index (χ4n) is 1.65. The zero-order valence-corrected chi connectivity index (χ0v) is 11.3. The topological polar surface area (TPSA) is 62.2 Å². The van der Waals surface area contributed by atoms with E-state index in [-0.39, 0.29) is 4.88 Å². The summed E-state index contributed by atoms with van der Waals surface area (Å²) in [5.74, 6) is -0.931. The Hall–Kier alpha value is -1.88. The number of nitrogens with zero attached hydrogens (tertiary/aromatic N) is 1. The number of carboxylic acid groups (broad SMARTS) is 1. The molecule has 0 amide bonds. The van der Waals surface area contributed by atoms with E-state index in [4.69, 9.17) is 5.11 Å². The third-order valence-electron chi connectivity index (χ3n) is 2.84. The molecule has 0 aliphatic heterocycles. The number of aromatic nitrogens is 1. The van der Waals surface area contributed by atoms with Crippen molar-refractivity contribution in [3.05, 3.63) is 39.9 Å². The first-order valence-corrected chi connectivity index (χ1v) is 6.34. The van der Waals surface area contributed by atoms with Crippen molar-refractivity contribution < 1.29 is 9.90 Å². The minimum Gasteiger partial charge on any atom is -0.477 e. The molecule has 2 rings (SSSR count). The van der Waals surface area contributed by atoms with Crippen LogP contribution in [-0.4, -0.2) is 16.1 Å². The second kappa shape index (κ2) is 4.78. The minimum atomic E-state index is -0.931. The second-order valence-electron chi connectivity index (χ2n) is 4.11. The van der Waals surface area contributed by atoms with Gasteiger partial charge in [-0.2, -0.15) is 0 Å². The smallest absolute Gasteiger partial charge is 0.347 e. The van der Waals surface area contributed by atoms with E-state index in [0.717, 1.165) is 22.6 Å². The monoisotopic (exact) mass is 262 g/mol. The molecule has 0 saturated carbocycles. The molecule has 1 aromatic carbocycles. The summed E-state index contributed by atoms with van der Waals surface area (Å²) in [6.45, 7) is 5.76. The first-order valence-electron chi connectivity index (χ1n) is 5.53. The lowest BCUT2D eigenvalue weighted by molar-refractivity contribution is 0.0701. The molecule has 0 saturated heterocycles. The van der Waals surface area contributed by atoms with Crippen molar-refractivity contribution in [3.8, 4) is 0 Å². The molecule has 0 radical (unpaired) electrons. The van der Waals surface area contributed by atoms with Crippen LogP contribution in [0, 0.1) is 20.8 Å². The maximum Gasteiger partial charge on any atom is 0.347 e. The van der Waals surface area contributed by atoms with Crippen molar-refractivity contribution in [1.29, 1.82) is 0 Å². The van der Waals surface area contributed by atoms with Crippen molar-refractivity contribution in [1.82, 2.24) is 4.98 Å². The van der Waals surface area contributed by atoms with Gasteiger partial charge in [0.25, 0.3) is 0 Å². The van der Waals surface area contributed by atoms with Crippen LogP contribution in [0.5, 0.6) is 0 Å². The highest BCUT2D eigenvalue weighted by Crippen LogP contribution is 2.28. The van der Waals surface area contributed by atoms with Gasteiger partial charge < -0.3 is 10.4 Å². The van der Waals surface area contributed by atoms with E-state index in [1.807, 2.05) is 32.0 Å². The molecule has 2 N–H and O–H groups in total. The van der Waals surface area contributed by atoms with Crippen LogP contribution in [0.25, 0.3) is 0 Å². The van der Waals surface area contributed by atoms with Crippen molar-refractivity contribution in [2.45, 2.75) is 20.8 Å². The van der Waals surface area contributed by atoms with Crippen LogP contribution in [0.1, 0.15) is 26.5 Å². The largest absolute Gasteiger partial charge is 0.477 e. The Kier molecular flexibility index (Phi) is 3.34. The van der Waals surface area contributed by atoms with E-state index in [1.165, 1.54) is 5.56 Å². The number of benzene rings is 1. The highest BCUT2D eigenvalue weighted by atomic mass is 32.1. The number of aromatic carboxylic acids is 1. The van der Waals surface area contributed by atoms with Gasteiger partial charge in [0, 0.05) is 5.69 Å². The minimum absolute atomic E-state index is 0.280. The van der Waals surface area contributed by atoms with E-state index in [0.29, 0.717) is 10.8 Å². The highest BCUT2D eigenvalue weighted by Gasteiger charge is 2.14. The molecule has 0 aliphatic rings. The zero-order valence-electron chi connectivity index (χ0n) is 10.4. The second-order valence-corrected chi connectivity index (χ2v) is 5.11. The predicted octanol–water partition coefficient (Wildman–Crippen LogP) is 3.51. The molecule has 0 spiro atoms. The lowest BCUT2D eigenvalue weighted by Gasteiger charge is -2.08. The normalized spacial score (nSPS) is 10.4. The molecule has 0 unspecified atom stereocenters. The molecule has 0 fully saturated rings. The van der Waals surface area contributed by atoms with Crippen LogP contribution >= 0.6 is 11.3 Å². The molecule has 94 valence electrons. The van der Waals surface area contributed by atoms with Crippen LogP contribution < -0.4 is 5.32 Å². The summed E-state index contributed by atoms with van der Waals surface area (Å²) in [5.41, 5.74) is 3.83. The summed E-state index contributed by atoms with van der Waals surface area (Å²) in [6, 6.07) is 5.96. The molecule has 0 aliphatic carbocycles. The zero-order chi connectivity index (χ0) is 13.3. The average molecular weight is 262 g/mol. The number of anilines is 2. The number of thiazole rings is 1. The molecule has 0 bridgehead atoms. The van der Waals surface area contributed by atoms with E-state index in [2.05, 4.69) is 10.3 Å². The standard InChI is InChI=1S/C13H14N2O2S/c1-7-5-4-6-10(8(7)2)15-13-14-9(3)11(18-13)12(16)17/h4-6H,1-3H3,(H,14,15)(H,16,17). The Morgan fingerprint density at radius 1 is 1.33 bits per heavy atom.